The third kappa shape index (κ3) is 1.75. The minimum Gasteiger partial charge on any atom is -0.508 e. The van der Waals surface area contributed by atoms with Crippen LogP contribution in [0.15, 0.2) is 18.2 Å². The Kier molecular flexibility index (Phi) is 2.91. The van der Waals surface area contributed by atoms with Crippen molar-refractivity contribution < 1.29 is 10.2 Å². The first-order valence-corrected chi connectivity index (χ1v) is 8.51. The molecule has 4 unspecified atom stereocenters. The van der Waals surface area contributed by atoms with Crippen molar-refractivity contribution in [2.24, 2.45) is 23.2 Å². The number of aryl methyl sites for hydroxylation is 1. The lowest BCUT2D eigenvalue weighted by molar-refractivity contribution is -0.0627. The number of hydrogen-bond acceptors (Lipinski definition) is 2. The first-order valence-electron chi connectivity index (χ1n) is 8.51. The molecule has 0 radical (unpaired) electrons. The lowest BCUT2D eigenvalue weighted by Crippen LogP contribution is -2.48. The Balaban J connectivity index is 1.75. The number of aliphatic hydroxyl groups is 1. The zero-order valence-electron chi connectivity index (χ0n) is 13.0. The van der Waals surface area contributed by atoms with Gasteiger partial charge < -0.3 is 10.2 Å². The van der Waals surface area contributed by atoms with Gasteiger partial charge in [-0.1, -0.05) is 19.9 Å². The van der Waals surface area contributed by atoms with E-state index in [2.05, 4.69) is 19.9 Å². The van der Waals surface area contributed by atoms with Crippen LogP contribution < -0.4 is 0 Å². The van der Waals surface area contributed by atoms with Crippen LogP contribution in [0.4, 0.5) is 0 Å². The van der Waals surface area contributed by atoms with Crippen LogP contribution >= 0.6 is 0 Å². The van der Waals surface area contributed by atoms with Crippen molar-refractivity contribution in [3.63, 3.8) is 0 Å². The predicted octanol–water partition coefficient (Wildman–Crippen LogP) is 3.86. The molecule has 0 aromatic heterocycles. The van der Waals surface area contributed by atoms with Gasteiger partial charge in [-0.15, -0.1) is 0 Å². The van der Waals surface area contributed by atoms with Gasteiger partial charge in [0, 0.05) is 0 Å². The summed E-state index contributed by atoms with van der Waals surface area (Å²) in [5.41, 5.74) is 2.94. The fourth-order valence-corrected chi connectivity index (χ4v) is 5.92. The van der Waals surface area contributed by atoms with Crippen molar-refractivity contribution in [3.05, 3.63) is 29.3 Å². The van der Waals surface area contributed by atoms with Crippen molar-refractivity contribution in [1.29, 1.82) is 0 Å². The molecule has 2 saturated carbocycles. The Labute approximate surface area is 127 Å². The number of hydrogen-bond donors (Lipinski definition) is 2. The Bertz CT molecular complexity index is 567. The second-order valence-corrected chi connectivity index (χ2v) is 7.89. The average Bonchev–Trinajstić information content (AvgIpc) is 2.77. The largest absolute Gasteiger partial charge is 0.508 e. The number of phenolic OH excluding ortho intramolecular Hbond substituents is 1. The molecule has 21 heavy (non-hydrogen) atoms. The van der Waals surface area contributed by atoms with E-state index in [1.807, 2.05) is 12.1 Å². The topological polar surface area (TPSA) is 40.5 Å². The number of aliphatic hydroxyl groups excluding tert-OH is 1. The molecule has 0 heterocycles. The SMILES string of the molecule is CC1CC2c3ccc(O)cc3CCC2C2CC[C@H](O)[C@@]12C. The fourth-order valence-electron chi connectivity index (χ4n) is 5.92. The smallest absolute Gasteiger partial charge is 0.115 e. The second-order valence-electron chi connectivity index (χ2n) is 7.89. The molecule has 4 rings (SSSR count). The molecule has 114 valence electrons. The molecule has 2 heteroatoms. The minimum atomic E-state index is -0.111. The molecular weight excluding hydrogens is 260 g/mol. The van der Waals surface area contributed by atoms with Gasteiger partial charge >= 0.3 is 0 Å². The molecule has 1 aromatic rings. The monoisotopic (exact) mass is 286 g/mol. The molecule has 0 amide bonds. The van der Waals surface area contributed by atoms with Crippen LogP contribution in [0.3, 0.4) is 0 Å². The molecular formula is C19H26O2. The molecule has 2 nitrogen and oxygen atoms in total. The number of rotatable bonds is 0. The lowest BCUT2D eigenvalue weighted by Gasteiger charge is -2.53. The van der Waals surface area contributed by atoms with Crippen molar-refractivity contribution in [3.8, 4) is 5.75 Å². The normalized spacial score (nSPS) is 44.8. The Hall–Kier alpha value is -1.02. The summed E-state index contributed by atoms with van der Waals surface area (Å²) in [6, 6.07) is 5.97. The maximum Gasteiger partial charge on any atom is 0.115 e. The van der Waals surface area contributed by atoms with Crippen LogP contribution in [0, 0.1) is 23.2 Å². The summed E-state index contributed by atoms with van der Waals surface area (Å²) in [6.45, 7) is 4.68. The summed E-state index contributed by atoms with van der Waals surface area (Å²) in [6.07, 6.45) is 5.56. The van der Waals surface area contributed by atoms with Crippen LogP contribution in [-0.4, -0.2) is 16.3 Å². The highest BCUT2D eigenvalue weighted by Crippen LogP contribution is 2.63. The first-order chi connectivity index (χ1) is 10.0. The summed E-state index contributed by atoms with van der Waals surface area (Å²) >= 11 is 0. The Morgan fingerprint density at radius 3 is 2.81 bits per heavy atom. The lowest BCUT2D eigenvalue weighted by atomic mass is 9.52. The van der Waals surface area contributed by atoms with Crippen LogP contribution in [-0.2, 0) is 6.42 Å². The van der Waals surface area contributed by atoms with Crippen LogP contribution in [0.2, 0.25) is 0 Å². The zero-order chi connectivity index (χ0) is 14.8. The quantitative estimate of drug-likeness (QED) is 0.760. The minimum absolute atomic E-state index is 0.111. The standard InChI is InChI=1S/C19H26O2/c1-11-9-16-14-6-4-13(20)10-12(14)3-5-15(16)17-7-8-18(21)19(11,17)2/h4,6,10-11,15-18,20-21H,3,5,7-9H2,1-2H3/t11?,15?,16?,17?,18-,19-/m0/s1. The van der Waals surface area contributed by atoms with E-state index in [1.54, 1.807) is 0 Å². The third-order valence-corrected chi connectivity index (χ3v) is 7.24. The van der Waals surface area contributed by atoms with E-state index >= 15 is 0 Å². The van der Waals surface area contributed by atoms with Gasteiger partial charge in [0.15, 0.2) is 0 Å². The third-order valence-electron chi connectivity index (χ3n) is 7.24. The second kappa shape index (κ2) is 4.49. The molecule has 2 N–H and O–H groups in total. The highest BCUT2D eigenvalue weighted by Gasteiger charge is 2.57. The number of aromatic hydroxyl groups is 1. The number of phenols is 1. The average molecular weight is 286 g/mol. The highest BCUT2D eigenvalue weighted by atomic mass is 16.3. The first kappa shape index (κ1) is 13.6. The Morgan fingerprint density at radius 2 is 2.00 bits per heavy atom. The molecule has 0 spiro atoms. The van der Waals surface area contributed by atoms with Gasteiger partial charge in [-0.05, 0) is 84.5 Å². The number of benzene rings is 1. The summed E-state index contributed by atoms with van der Waals surface area (Å²) in [4.78, 5) is 0. The molecule has 0 saturated heterocycles. The molecule has 6 atom stereocenters. The van der Waals surface area contributed by atoms with Crippen molar-refractivity contribution in [2.45, 2.75) is 58.0 Å². The Morgan fingerprint density at radius 1 is 1.19 bits per heavy atom. The van der Waals surface area contributed by atoms with E-state index in [-0.39, 0.29) is 11.5 Å². The van der Waals surface area contributed by atoms with Crippen molar-refractivity contribution in [1.82, 2.24) is 0 Å². The maximum atomic E-state index is 10.5. The van der Waals surface area contributed by atoms with E-state index in [0.29, 0.717) is 23.5 Å². The van der Waals surface area contributed by atoms with Crippen LogP contribution in [0.1, 0.15) is 56.6 Å². The van der Waals surface area contributed by atoms with E-state index < -0.39 is 0 Å². The van der Waals surface area contributed by atoms with Gasteiger partial charge in [-0.3, -0.25) is 0 Å². The van der Waals surface area contributed by atoms with Crippen LogP contribution in [0.5, 0.6) is 5.75 Å². The molecule has 2 fully saturated rings. The van der Waals surface area contributed by atoms with Gasteiger partial charge in [0.2, 0.25) is 0 Å². The van der Waals surface area contributed by atoms with E-state index in [0.717, 1.165) is 18.8 Å². The van der Waals surface area contributed by atoms with E-state index in [4.69, 9.17) is 0 Å². The predicted molar refractivity (Wildman–Crippen MR) is 83.3 cm³/mol. The zero-order valence-corrected chi connectivity index (χ0v) is 13.0. The van der Waals surface area contributed by atoms with Crippen LogP contribution in [0.25, 0.3) is 0 Å². The summed E-state index contributed by atoms with van der Waals surface area (Å²) in [5, 5.41) is 20.3. The van der Waals surface area contributed by atoms with Gasteiger partial charge in [-0.25, -0.2) is 0 Å². The fraction of sp³-hybridized carbons (Fsp3) is 0.684. The summed E-state index contributed by atoms with van der Waals surface area (Å²) in [7, 11) is 0. The number of fused-ring (bicyclic) bond motifs is 5. The van der Waals surface area contributed by atoms with Gasteiger partial charge in [0.25, 0.3) is 0 Å². The molecule has 3 aliphatic rings. The van der Waals surface area contributed by atoms with E-state index in [9.17, 15) is 10.2 Å². The van der Waals surface area contributed by atoms with Gasteiger partial charge in [0.1, 0.15) is 5.75 Å². The maximum absolute atomic E-state index is 10.5. The van der Waals surface area contributed by atoms with Gasteiger partial charge in [0.05, 0.1) is 6.10 Å². The molecule has 0 bridgehead atoms. The molecule has 1 aromatic carbocycles. The van der Waals surface area contributed by atoms with E-state index in [1.165, 1.54) is 30.4 Å². The summed E-state index contributed by atoms with van der Waals surface area (Å²) in [5.74, 6) is 2.99. The highest BCUT2D eigenvalue weighted by molar-refractivity contribution is 5.40. The van der Waals surface area contributed by atoms with Crippen molar-refractivity contribution >= 4 is 0 Å². The summed E-state index contributed by atoms with van der Waals surface area (Å²) < 4.78 is 0. The molecule has 0 aliphatic heterocycles. The van der Waals surface area contributed by atoms with Crippen molar-refractivity contribution in [2.75, 3.05) is 0 Å². The molecule has 3 aliphatic carbocycles. The van der Waals surface area contributed by atoms with Gasteiger partial charge in [-0.2, -0.15) is 0 Å².